The SMILES string of the molecule is C=C(C)C(=O)OC1CC2OC1C1C(=C)OCC21.C=C(C)C(=O)OC1CCCC1=O.C=C(C)C(=O)OCC(=O)OC1C2CC3C(=C)OC1C3C2.C=C1CC(OC(=O)C(=C)C)CO1. The van der Waals surface area contributed by atoms with Crippen molar-refractivity contribution in [3.63, 3.8) is 0 Å². The number of ether oxygens (including phenoxy) is 9. The molecule has 12 atom stereocenters. The van der Waals surface area contributed by atoms with Gasteiger partial charge in [-0.25, -0.2) is 24.0 Å². The number of carbonyl (C=O) groups excluding carboxylic acids is 6. The van der Waals surface area contributed by atoms with Gasteiger partial charge < -0.3 is 42.6 Å². The molecule has 0 amide bonds. The van der Waals surface area contributed by atoms with E-state index in [2.05, 4.69) is 46.1 Å². The summed E-state index contributed by atoms with van der Waals surface area (Å²) in [7, 11) is 0. The lowest BCUT2D eigenvalue weighted by Gasteiger charge is -2.26. The van der Waals surface area contributed by atoms with E-state index in [1.807, 2.05) is 0 Å². The molecule has 0 radical (unpaired) electrons. The van der Waals surface area contributed by atoms with Gasteiger partial charge in [0.2, 0.25) is 0 Å². The topological polar surface area (TPSA) is 185 Å². The Bertz CT molecular complexity index is 1870. The standard InChI is InChI=1S/C15H18O5.C13H16O4.2C9H12O3/c1-7(2)15(17)18-6-12(16)20-13-9-4-10-8(3)19-14(13)11(10)5-9;1-6(2)13(14)17-10-4-9-8-5-15-7(3)11(8)12(10)16-9;1-6(2)9(10)12-8-4-7(3)11-5-8;1-6(2)9(11)12-8-5-3-4-7(8)10/h9-11,13-14H,1,3-6H2,2H3;8-12H,1,3-5H2,2H3;2*8H,1,3-5H2,2H3. The molecule has 0 aromatic carbocycles. The van der Waals surface area contributed by atoms with Crippen molar-refractivity contribution in [1.29, 1.82) is 0 Å². The second-order valence-electron chi connectivity index (χ2n) is 16.8. The van der Waals surface area contributed by atoms with Crippen molar-refractivity contribution in [3.8, 4) is 0 Å². The summed E-state index contributed by atoms with van der Waals surface area (Å²) in [5.41, 5.74) is 1.43. The Balaban J connectivity index is 0.000000158. The molecule has 8 fully saturated rings. The zero-order valence-electron chi connectivity index (χ0n) is 35.6. The molecule has 61 heavy (non-hydrogen) atoms. The lowest BCUT2D eigenvalue weighted by Crippen LogP contribution is -2.38. The molecule has 5 saturated heterocycles. The highest BCUT2D eigenvalue weighted by molar-refractivity contribution is 5.92. The Hall–Kier alpha value is -5.44. The predicted octanol–water partition coefficient (Wildman–Crippen LogP) is 5.64. The first-order valence-corrected chi connectivity index (χ1v) is 20.5. The van der Waals surface area contributed by atoms with Crippen LogP contribution in [0.5, 0.6) is 0 Å². The van der Waals surface area contributed by atoms with E-state index in [0.29, 0.717) is 78.6 Å². The van der Waals surface area contributed by atoms with E-state index in [1.54, 1.807) is 20.8 Å². The number of rotatable bonds is 10. The van der Waals surface area contributed by atoms with Gasteiger partial charge >= 0.3 is 29.8 Å². The van der Waals surface area contributed by atoms with E-state index in [9.17, 15) is 28.8 Å². The van der Waals surface area contributed by atoms with E-state index in [4.69, 9.17) is 42.6 Å². The Kier molecular flexibility index (Phi) is 15.3. The van der Waals surface area contributed by atoms with Gasteiger partial charge in [0, 0.05) is 65.2 Å². The first kappa shape index (κ1) is 46.6. The Labute approximate surface area is 356 Å². The van der Waals surface area contributed by atoms with Gasteiger partial charge in [-0.1, -0.05) is 46.1 Å². The first-order valence-electron chi connectivity index (χ1n) is 20.5. The maximum Gasteiger partial charge on any atom is 0.344 e. The third-order valence-corrected chi connectivity index (χ3v) is 11.8. The summed E-state index contributed by atoms with van der Waals surface area (Å²) >= 11 is 0. The molecule has 5 heterocycles. The summed E-state index contributed by atoms with van der Waals surface area (Å²) in [6.07, 6.45) is 4.30. The van der Waals surface area contributed by atoms with Crippen molar-refractivity contribution in [2.24, 2.45) is 29.6 Å². The van der Waals surface area contributed by atoms with Crippen LogP contribution in [-0.2, 0) is 71.4 Å². The van der Waals surface area contributed by atoms with Gasteiger partial charge in [0.25, 0.3) is 0 Å². The summed E-state index contributed by atoms with van der Waals surface area (Å²) < 4.78 is 47.6. The van der Waals surface area contributed by atoms with Crippen molar-refractivity contribution >= 4 is 35.6 Å². The molecule has 15 nitrogen and oxygen atoms in total. The van der Waals surface area contributed by atoms with Crippen molar-refractivity contribution in [2.45, 2.75) is 115 Å². The van der Waals surface area contributed by atoms with Crippen molar-refractivity contribution < 1.29 is 71.4 Å². The van der Waals surface area contributed by atoms with Gasteiger partial charge in [0.15, 0.2) is 18.5 Å². The average molecular weight is 851 g/mol. The minimum absolute atomic E-state index is 0.0320. The number of fused-ring (bicyclic) bond motifs is 6. The number of esters is 5. The maximum atomic E-state index is 11.8. The molecule has 3 saturated carbocycles. The number of hydrogen-bond acceptors (Lipinski definition) is 15. The van der Waals surface area contributed by atoms with Crippen LogP contribution in [0.4, 0.5) is 0 Å². The summed E-state index contributed by atoms with van der Waals surface area (Å²) in [5, 5.41) is 0. The van der Waals surface area contributed by atoms with Crippen molar-refractivity contribution in [2.75, 3.05) is 19.8 Å². The van der Waals surface area contributed by atoms with Crippen LogP contribution in [-0.4, -0.2) is 98.2 Å². The minimum Gasteiger partial charge on any atom is -0.498 e. The van der Waals surface area contributed by atoms with E-state index < -0.39 is 24.0 Å². The third-order valence-electron chi connectivity index (χ3n) is 11.8. The molecule has 12 unspecified atom stereocenters. The minimum atomic E-state index is -0.583. The number of allylic oxidation sites excluding steroid dienone is 1. The van der Waals surface area contributed by atoms with E-state index >= 15 is 0 Å². The number of ketones is 1. The lowest BCUT2D eigenvalue weighted by atomic mass is 9.79. The fourth-order valence-corrected chi connectivity index (χ4v) is 8.75. The normalized spacial score (nSPS) is 32.5. The lowest BCUT2D eigenvalue weighted by molar-refractivity contribution is -0.166. The quantitative estimate of drug-likeness (QED) is 0.149. The van der Waals surface area contributed by atoms with Crippen LogP contribution in [0.3, 0.4) is 0 Å². The van der Waals surface area contributed by atoms with Crippen LogP contribution >= 0.6 is 0 Å². The van der Waals surface area contributed by atoms with Crippen molar-refractivity contribution in [1.82, 2.24) is 0 Å². The molecule has 332 valence electrons. The van der Waals surface area contributed by atoms with Crippen LogP contribution < -0.4 is 0 Å². The predicted molar refractivity (Wildman–Crippen MR) is 217 cm³/mol. The highest BCUT2D eigenvalue weighted by Gasteiger charge is 2.61. The fourth-order valence-electron chi connectivity index (χ4n) is 8.75. The van der Waals surface area contributed by atoms with Crippen LogP contribution in [0.2, 0.25) is 0 Å². The van der Waals surface area contributed by atoms with Gasteiger partial charge in [-0.15, -0.1) is 0 Å². The second-order valence-corrected chi connectivity index (χ2v) is 16.8. The molecule has 0 N–H and O–H groups in total. The fraction of sp³-hybridized carbons (Fsp3) is 0.565. The Morgan fingerprint density at radius 2 is 1.34 bits per heavy atom. The van der Waals surface area contributed by atoms with Gasteiger partial charge in [-0.05, 0) is 53.4 Å². The molecular formula is C46H58O15. The van der Waals surface area contributed by atoms with Gasteiger partial charge in [0.1, 0.15) is 37.1 Å². The number of carbonyl (C=O) groups is 6. The molecule has 0 spiro atoms. The first-order chi connectivity index (χ1) is 28.7. The summed E-state index contributed by atoms with van der Waals surface area (Å²) in [6.45, 7) is 32.5. The zero-order chi connectivity index (χ0) is 44.9. The summed E-state index contributed by atoms with van der Waals surface area (Å²) in [5.74, 6) is 1.83. The molecular weight excluding hydrogens is 792 g/mol. The Morgan fingerprint density at radius 1 is 0.705 bits per heavy atom. The molecule has 15 heteroatoms. The summed E-state index contributed by atoms with van der Waals surface area (Å²) in [4.78, 5) is 67.5. The molecule has 8 aliphatic rings. The molecule has 0 aromatic rings. The molecule has 4 bridgehead atoms. The van der Waals surface area contributed by atoms with Crippen LogP contribution in [0.1, 0.15) is 72.6 Å². The molecule has 3 aliphatic carbocycles. The zero-order valence-corrected chi connectivity index (χ0v) is 35.6. The van der Waals surface area contributed by atoms with Crippen LogP contribution in [0, 0.1) is 29.6 Å². The summed E-state index contributed by atoms with van der Waals surface area (Å²) in [6, 6.07) is 0. The van der Waals surface area contributed by atoms with E-state index in [0.717, 1.165) is 37.2 Å². The number of Topliss-reactive ketones (excluding diaryl/α,β-unsaturated/α-hetero) is 1. The highest BCUT2D eigenvalue weighted by atomic mass is 16.6. The largest absolute Gasteiger partial charge is 0.498 e. The highest BCUT2D eigenvalue weighted by Crippen LogP contribution is 2.58. The third kappa shape index (κ3) is 11.3. The van der Waals surface area contributed by atoms with Crippen LogP contribution in [0.25, 0.3) is 0 Å². The van der Waals surface area contributed by atoms with Gasteiger partial charge in [0.05, 0.1) is 35.9 Å². The average Bonchev–Trinajstić information content (AvgIpc) is 4.07. The van der Waals surface area contributed by atoms with Gasteiger partial charge in [-0.3, -0.25) is 4.79 Å². The van der Waals surface area contributed by atoms with Gasteiger partial charge in [-0.2, -0.15) is 0 Å². The Morgan fingerprint density at radius 3 is 1.93 bits per heavy atom. The van der Waals surface area contributed by atoms with Crippen LogP contribution in [0.15, 0.2) is 85.6 Å². The molecule has 0 aromatic heterocycles. The maximum absolute atomic E-state index is 11.8. The number of hydrogen-bond donors (Lipinski definition) is 0. The smallest absolute Gasteiger partial charge is 0.344 e. The monoisotopic (exact) mass is 850 g/mol. The van der Waals surface area contributed by atoms with E-state index in [1.165, 1.54) is 6.92 Å². The van der Waals surface area contributed by atoms with Crippen molar-refractivity contribution in [3.05, 3.63) is 85.6 Å². The molecule has 8 rings (SSSR count). The van der Waals surface area contributed by atoms with E-state index in [-0.39, 0.29) is 72.4 Å². The molecule has 5 aliphatic heterocycles. The second kappa shape index (κ2) is 20.0.